The average Bonchev–Trinajstić information content (AvgIpc) is 1.99. The van der Waals surface area contributed by atoms with E-state index < -0.39 is 0 Å². The Bertz CT molecular complexity index is 147. The molecule has 0 aliphatic heterocycles. The minimum atomic E-state index is -0.115. The van der Waals surface area contributed by atoms with E-state index in [0.29, 0.717) is 6.54 Å². The van der Waals surface area contributed by atoms with Gasteiger partial charge in [0.1, 0.15) is 0 Å². The van der Waals surface area contributed by atoms with Gasteiger partial charge in [0.2, 0.25) is 0 Å². The van der Waals surface area contributed by atoms with E-state index in [0.717, 1.165) is 5.57 Å². The van der Waals surface area contributed by atoms with Gasteiger partial charge in [-0.15, -0.1) is 0 Å². The maximum absolute atomic E-state index is 5.60. The molecule has 56 valence electrons. The fourth-order valence-corrected chi connectivity index (χ4v) is 0.615. The molecule has 0 saturated heterocycles. The average molecular weight is 138 g/mol. The van der Waals surface area contributed by atoms with Crippen LogP contribution in [0.4, 0.5) is 0 Å². The first-order valence-corrected chi connectivity index (χ1v) is 3.17. The van der Waals surface area contributed by atoms with Crippen molar-refractivity contribution in [3.63, 3.8) is 0 Å². The SMILES string of the molecule is C=C/C=C(\C=C)C(N)CN. The predicted octanol–water partition coefficient (Wildman–Crippen LogP) is 0.571. The van der Waals surface area contributed by atoms with E-state index in [1.165, 1.54) is 0 Å². The van der Waals surface area contributed by atoms with Crippen LogP contribution in [-0.4, -0.2) is 12.6 Å². The quantitative estimate of drug-likeness (QED) is 0.558. The number of nitrogens with two attached hydrogens (primary N) is 2. The second-order valence-electron chi connectivity index (χ2n) is 1.95. The maximum atomic E-state index is 5.60. The lowest BCUT2D eigenvalue weighted by Crippen LogP contribution is -2.30. The molecular formula is C8H14N2. The molecule has 0 spiro atoms. The van der Waals surface area contributed by atoms with Crippen molar-refractivity contribution in [2.45, 2.75) is 6.04 Å². The Balaban J connectivity index is 4.18. The van der Waals surface area contributed by atoms with Crippen LogP contribution in [0.3, 0.4) is 0 Å². The molecule has 0 amide bonds. The lowest BCUT2D eigenvalue weighted by molar-refractivity contribution is 0.795. The highest BCUT2D eigenvalue weighted by molar-refractivity contribution is 5.26. The molecule has 0 aromatic rings. The molecule has 2 nitrogen and oxygen atoms in total. The van der Waals surface area contributed by atoms with Crippen LogP contribution >= 0.6 is 0 Å². The van der Waals surface area contributed by atoms with Crippen molar-refractivity contribution in [3.8, 4) is 0 Å². The van der Waals surface area contributed by atoms with Gasteiger partial charge in [0.25, 0.3) is 0 Å². The van der Waals surface area contributed by atoms with E-state index in [2.05, 4.69) is 13.2 Å². The van der Waals surface area contributed by atoms with Gasteiger partial charge < -0.3 is 11.5 Å². The maximum Gasteiger partial charge on any atom is 0.0419 e. The van der Waals surface area contributed by atoms with E-state index in [4.69, 9.17) is 11.5 Å². The standard InChI is InChI=1S/C8H14N2/c1-3-5-7(4-2)8(10)6-9/h3-5,8H,1-2,6,9-10H2/b7-5+. The first-order valence-electron chi connectivity index (χ1n) is 3.17. The Hall–Kier alpha value is -0.860. The minimum absolute atomic E-state index is 0.115. The van der Waals surface area contributed by atoms with Crippen LogP contribution in [-0.2, 0) is 0 Å². The highest BCUT2D eigenvalue weighted by Gasteiger charge is 2.00. The van der Waals surface area contributed by atoms with Crippen LogP contribution in [0.25, 0.3) is 0 Å². The zero-order chi connectivity index (χ0) is 7.98. The lowest BCUT2D eigenvalue weighted by atomic mass is 10.1. The Labute approximate surface area is 61.9 Å². The fourth-order valence-electron chi connectivity index (χ4n) is 0.615. The summed E-state index contributed by atoms with van der Waals surface area (Å²) in [5.41, 5.74) is 11.9. The fraction of sp³-hybridized carbons (Fsp3) is 0.250. The van der Waals surface area contributed by atoms with Crippen molar-refractivity contribution >= 4 is 0 Å². The second kappa shape index (κ2) is 4.97. The molecule has 0 aromatic heterocycles. The van der Waals surface area contributed by atoms with Crippen LogP contribution in [0.1, 0.15) is 0 Å². The van der Waals surface area contributed by atoms with Crippen LogP contribution in [0.15, 0.2) is 37.0 Å². The minimum Gasteiger partial charge on any atom is -0.329 e. The van der Waals surface area contributed by atoms with Gasteiger partial charge in [-0.05, 0) is 5.57 Å². The monoisotopic (exact) mass is 138 g/mol. The van der Waals surface area contributed by atoms with E-state index in [1.807, 2.05) is 6.08 Å². The van der Waals surface area contributed by atoms with Gasteiger partial charge in [0.05, 0.1) is 0 Å². The van der Waals surface area contributed by atoms with E-state index in [-0.39, 0.29) is 6.04 Å². The van der Waals surface area contributed by atoms with Crippen molar-refractivity contribution in [2.75, 3.05) is 6.54 Å². The normalized spacial score (nSPS) is 14.4. The van der Waals surface area contributed by atoms with Gasteiger partial charge >= 0.3 is 0 Å². The van der Waals surface area contributed by atoms with E-state index in [9.17, 15) is 0 Å². The zero-order valence-corrected chi connectivity index (χ0v) is 6.09. The van der Waals surface area contributed by atoms with Crippen molar-refractivity contribution in [1.82, 2.24) is 0 Å². The summed E-state index contributed by atoms with van der Waals surface area (Å²) in [6.45, 7) is 7.58. The highest BCUT2D eigenvalue weighted by atomic mass is 14.7. The smallest absolute Gasteiger partial charge is 0.0419 e. The Morgan fingerprint density at radius 3 is 2.40 bits per heavy atom. The summed E-state index contributed by atoms with van der Waals surface area (Å²) in [5.74, 6) is 0. The van der Waals surface area contributed by atoms with Crippen LogP contribution in [0.2, 0.25) is 0 Å². The summed E-state index contributed by atoms with van der Waals surface area (Å²) in [6.07, 6.45) is 5.18. The first kappa shape index (κ1) is 9.14. The lowest BCUT2D eigenvalue weighted by Gasteiger charge is -2.07. The second-order valence-corrected chi connectivity index (χ2v) is 1.95. The molecule has 1 unspecified atom stereocenters. The molecule has 2 heteroatoms. The van der Waals surface area contributed by atoms with Gasteiger partial charge in [-0.2, -0.15) is 0 Å². The number of allylic oxidation sites excluding steroid dienone is 2. The third kappa shape index (κ3) is 2.62. The zero-order valence-electron chi connectivity index (χ0n) is 6.09. The molecule has 0 rings (SSSR count). The van der Waals surface area contributed by atoms with E-state index in [1.54, 1.807) is 12.2 Å². The third-order valence-electron chi connectivity index (χ3n) is 1.23. The molecule has 0 aliphatic rings. The largest absolute Gasteiger partial charge is 0.329 e. The molecule has 0 aromatic carbocycles. The number of hydrogen-bond donors (Lipinski definition) is 2. The van der Waals surface area contributed by atoms with Gasteiger partial charge in [0, 0.05) is 12.6 Å². The summed E-state index contributed by atoms with van der Waals surface area (Å²) in [5, 5.41) is 0. The summed E-state index contributed by atoms with van der Waals surface area (Å²) >= 11 is 0. The van der Waals surface area contributed by atoms with Crippen LogP contribution < -0.4 is 11.5 Å². The van der Waals surface area contributed by atoms with Crippen LogP contribution in [0, 0.1) is 0 Å². The Kier molecular flexibility index (Phi) is 4.54. The molecule has 0 radical (unpaired) electrons. The highest BCUT2D eigenvalue weighted by Crippen LogP contribution is 1.99. The summed E-state index contributed by atoms with van der Waals surface area (Å²) in [7, 11) is 0. The Morgan fingerprint density at radius 1 is 1.50 bits per heavy atom. The number of rotatable bonds is 4. The molecular weight excluding hydrogens is 124 g/mol. The topological polar surface area (TPSA) is 52.0 Å². The molecule has 0 fully saturated rings. The van der Waals surface area contributed by atoms with Gasteiger partial charge in [-0.3, -0.25) is 0 Å². The van der Waals surface area contributed by atoms with E-state index >= 15 is 0 Å². The molecule has 4 N–H and O–H groups in total. The van der Waals surface area contributed by atoms with Crippen molar-refractivity contribution in [3.05, 3.63) is 37.0 Å². The molecule has 10 heavy (non-hydrogen) atoms. The predicted molar refractivity (Wildman–Crippen MR) is 45.5 cm³/mol. The third-order valence-corrected chi connectivity index (χ3v) is 1.23. The summed E-state index contributed by atoms with van der Waals surface area (Å²) in [6, 6.07) is -0.115. The molecule has 0 aliphatic carbocycles. The number of hydrogen-bond acceptors (Lipinski definition) is 2. The Morgan fingerprint density at radius 2 is 2.10 bits per heavy atom. The molecule has 0 bridgehead atoms. The van der Waals surface area contributed by atoms with Crippen molar-refractivity contribution < 1.29 is 0 Å². The van der Waals surface area contributed by atoms with Crippen LogP contribution in [0.5, 0.6) is 0 Å². The molecule has 1 atom stereocenters. The van der Waals surface area contributed by atoms with Gasteiger partial charge in [0.15, 0.2) is 0 Å². The first-order chi connectivity index (χ1) is 4.76. The summed E-state index contributed by atoms with van der Waals surface area (Å²) in [4.78, 5) is 0. The molecule has 0 heterocycles. The van der Waals surface area contributed by atoms with Crippen molar-refractivity contribution in [1.29, 1.82) is 0 Å². The van der Waals surface area contributed by atoms with Crippen molar-refractivity contribution in [2.24, 2.45) is 11.5 Å². The van der Waals surface area contributed by atoms with Gasteiger partial charge in [-0.1, -0.05) is 31.4 Å². The summed E-state index contributed by atoms with van der Waals surface area (Å²) < 4.78 is 0. The molecule has 0 saturated carbocycles. The van der Waals surface area contributed by atoms with Gasteiger partial charge in [-0.25, -0.2) is 0 Å².